The highest BCUT2D eigenvalue weighted by molar-refractivity contribution is 5.87. The standard InChI is InChI=1S/C13H23N3O4/c1-8(2)4-5-14-12(18)9(3)16-7-11(17)15-6-10(16)13(19)20/h8-10H,4-7H2,1-3H3,(H,14,18)(H,15,17)(H,19,20). The number of amides is 2. The Balaban J connectivity index is 2.61. The van der Waals surface area contributed by atoms with Gasteiger partial charge in [0, 0.05) is 13.1 Å². The van der Waals surface area contributed by atoms with Gasteiger partial charge >= 0.3 is 5.97 Å². The van der Waals surface area contributed by atoms with Crippen LogP contribution in [-0.4, -0.2) is 59.5 Å². The Hall–Kier alpha value is -1.63. The predicted molar refractivity (Wildman–Crippen MR) is 73.1 cm³/mol. The molecule has 1 saturated heterocycles. The van der Waals surface area contributed by atoms with E-state index in [2.05, 4.69) is 24.5 Å². The quantitative estimate of drug-likeness (QED) is 0.606. The zero-order valence-corrected chi connectivity index (χ0v) is 12.2. The summed E-state index contributed by atoms with van der Waals surface area (Å²) in [6.45, 7) is 6.25. The lowest BCUT2D eigenvalue weighted by molar-refractivity contribution is -0.148. The summed E-state index contributed by atoms with van der Waals surface area (Å²) < 4.78 is 0. The van der Waals surface area contributed by atoms with Gasteiger partial charge in [0.2, 0.25) is 11.8 Å². The van der Waals surface area contributed by atoms with Gasteiger partial charge < -0.3 is 15.7 Å². The van der Waals surface area contributed by atoms with Crippen LogP contribution in [0.1, 0.15) is 27.2 Å². The summed E-state index contributed by atoms with van der Waals surface area (Å²) in [4.78, 5) is 36.0. The molecule has 1 fully saturated rings. The molecule has 2 amide bonds. The summed E-state index contributed by atoms with van der Waals surface area (Å²) in [6, 6.07) is -1.51. The number of nitrogens with zero attached hydrogens (tertiary/aromatic N) is 1. The van der Waals surface area contributed by atoms with E-state index >= 15 is 0 Å². The van der Waals surface area contributed by atoms with Gasteiger partial charge in [0.05, 0.1) is 12.6 Å². The first-order valence-corrected chi connectivity index (χ1v) is 6.86. The molecule has 1 rings (SSSR count). The van der Waals surface area contributed by atoms with Crippen molar-refractivity contribution >= 4 is 17.8 Å². The van der Waals surface area contributed by atoms with Gasteiger partial charge in [0.25, 0.3) is 0 Å². The fourth-order valence-corrected chi connectivity index (χ4v) is 2.08. The summed E-state index contributed by atoms with van der Waals surface area (Å²) in [6.07, 6.45) is 0.862. The Morgan fingerprint density at radius 1 is 1.45 bits per heavy atom. The maximum Gasteiger partial charge on any atom is 0.322 e. The van der Waals surface area contributed by atoms with E-state index in [1.54, 1.807) is 6.92 Å². The molecule has 0 aliphatic carbocycles. The fourth-order valence-electron chi connectivity index (χ4n) is 2.08. The molecule has 2 atom stereocenters. The molecular weight excluding hydrogens is 262 g/mol. The van der Waals surface area contributed by atoms with E-state index in [4.69, 9.17) is 5.11 Å². The molecule has 2 unspecified atom stereocenters. The van der Waals surface area contributed by atoms with Gasteiger partial charge in [-0.3, -0.25) is 19.3 Å². The second kappa shape index (κ2) is 7.23. The molecule has 114 valence electrons. The van der Waals surface area contributed by atoms with E-state index in [9.17, 15) is 14.4 Å². The minimum Gasteiger partial charge on any atom is -0.480 e. The molecule has 7 heteroatoms. The van der Waals surface area contributed by atoms with E-state index in [-0.39, 0.29) is 24.9 Å². The minimum atomic E-state index is -1.04. The topological polar surface area (TPSA) is 98.7 Å². The molecule has 1 heterocycles. The average molecular weight is 285 g/mol. The SMILES string of the molecule is CC(C)CCNC(=O)C(C)N1CC(=O)NCC1C(=O)O. The van der Waals surface area contributed by atoms with E-state index in [1.807, 2.05) is 0 Å². The Morgan fingerprint density at radius 2 is 2.10 bits per heavy atom. The number of aliphatic carboxylic acids is 1. The van der Waals surface area contributed by atoms with Gasteiger partial charge in [-0.1, -0.05) is 13.8 Å². The van der Waals surface area contributed by atoms with Crippen molar-refractivity contribution < 1.29 is 19.5 Å². The Kier molecular flexibility index (Phi) is 5.94. The van der Waals surface area contributed by atoms with E-state index in [0.29, 0.717) is 12.5 Å². The third kappa shape index (κ3) is 4.48. The molecule has 0 bridgehead atoms. The minimum absolute atomic E-state index is 0.0256. The molecule has 0 radical (unpaired) electrons. The molecule has 20 heavy (non-hydrogen) atoms. The second-order valence-corrected chi connectivity index (χ2v) is 5.48. The smallest absolute Gasteiger partial charge is 0.322 e. The van der Waals surface area contributed by atoms with Gasteiger partial charge in [-0.2, -0.15) is 0 Å². The number of carboxylic acids is 1. The largest absolute Gasteiger partial charge is 0.480 e. The molecule has 7 nitrogen and oxygen atoms in total. The monoisotopic (exact) mass is 285 g/mol. The highest BCUT2D eigenvalue weighted by Gasteiger charge is 2.37. The number of rotatable bonds is 6. The number of carbonyl (C=O) groups is 3. The van der Waals surface area contributed by atoms with Crippen LogP contribution < -0.4 is 10.6 Å². The van der Waals surface area contributed by atoms with Crippen LogP contribution in [0.3, 0.4) is 0 Å². The lowest BCUT2D eigenvalue weighted by Gasteiger charge is -2.36. The highest BCUT2D eigenvalue weighted by atomic mass is 16.4. The number of hydrogen-bond acceptors (Lipinski definition) is 4. The highest BCUT2D eigenvalue weighted by Crippen LogP contribution is 2.10. The maximum absolute atomic E-state index is 12.0. The molecule has 0 saturated carbocycles. The first-order valence-electron chi connectivity index (χ1n) is 6.86. The van der Waals surface area contributed by atoms with Crippen molar-refractivity contribution in [1.29, 1.82) is 0 Å². The predicted octanol–water partition coefficient (Wildman–Crippen LogP) is -0.578. The Labute approximate surface area is 118 Å². The summed E-state index contributed by atoms with van der Waals surface area (Å²) >= 11 is 0. The van der Waals surface area contributed by atoms with Gasteiger partial charge in [0.15, 0.2) is 0 Å². The van der Waals surface area contributed by atoms with Crippen molar-refractivity contribution in [3.63, 3.8) is 0 Å². The third-order valence-corrected chi connectivity index (χ3v) is 3.40. The van der Waals surface area contributed by atoms with E-state index in [1.165, 1.54) is 4.90 Å². The van der Waals surface area contributed by atoms with Crippen LogP contribution in [-0.2, 0) is 14.4 Å². The lowest BCUT2D eigenvalue weighted by atomic mass is 10.1. The van der Waals surface area contributed by atoms with Gasteiger partial charge in [-0.05, 0) is 19.3 Å². The van der Waals surface area contributed by atoms with Crippen LogP contribution in [0, 0.1) is 5.92 Å². The summed E-state index contributed by atoms with van der Waals surface area (Å²) in [7, 11) is 0. The number of hydrogen-bond donors (Lipinski definition) is 3. The van der Waals surface area contributed by atoms with Crippen molar-refractivity contribution in [2.45, 2.75) is 39.3 Å². The Morgan fingerprint density at radius 3 is 2.65 bits per heavy atom. The molecule has 0 aromatic heterocycles. The molecule has 0 aromatic carbocycles. The second-order valence-electron chi connectivity index (χ2n) is 5.48. The van der Waals surface area contributed by atoms with Crippen LogP contribution in [0.2, 0.25) is 0 Å². The summed E-state index contributed by atoms with van der Waals surface area (Å²) in [5.41, 5.74) is 0. The van der Waals surface area contributed by atoms with Crippen molar-refractivity contribution in [1.82, 2.24) is 15.5 Å². The zero-order chi connectivity index (χ0) is 15.3. The number of carbonyl (C=O) groups excluding carboxylic acids is 2. The van der Waals surface area contributed by atoms with E-state index in [0.717, 1.165) is 6.42 Å². The summed E-state index contributed by atoms with van der Waals surface area (Å²) in [5.74, 6) is -1.05. The van der Waals surface area contributed by atoms with Crippen molar-refractivity contribution in [2.24, 2.45) is 5.92 Å². The first kappa shape index (κ1) is 16.4. The van der Waals surface area contributed by atoms with Gasteiger partial charge in [-0.25, -0.2) is 0 Å². The third-order valence-electron chi connectivity index (χ3n) is 3.40. The Bertz CT molecular complexity index is 384. The molecule has 0 aromatic rings. The van der Waals surface area contributed by atoms with Crippen LogP contribution in [0.25, 0.3) is 0 Å². The molecular formula is C13H23N3O4. The lowest BCUT2D eigenvalue weighted by Crippen LogP contribution is -2.62. The van der Waals surface area contributed by atoms with Crippen LogP contribution in [0.5, 0.6) is 0 Å². The van der Waals surface area contributed by atoms with Crippen molar-refractivity contribution in [3.8, 4) is 0 Å². The molecule has 3 N–H and O–H groups in total. The van der Waals surface area contributed by atoms with Crippen molar-refractivity contribution in [2.75, 3.05) is 19.6 Å². The summed E-state index contributed by atoms with van der Waals surface area (Å²) in [5, 5.41) is 14.4. The average Bonchev–Trinajstić information content (AvgIpc) is 2.36. The van der Waals surface area contributed by atoms with Crippen LogP contribution in [0.15, 0.2) is 0 Å². The van der Waals surface area contributed by atoms with E-state index < -0.39 is 18.1 Å². The molecule has 1 aliphatic heterocycles. The maximum atomic E-state index is 12.0. The molecule has 1 aliphatic rings. The van der Waals surface area contributed by atoms with Crippen LogP contribution in [0.4, 0.5) is 0 Å². The van der Waals surface area contributed by atoms with Crippen molar-refractivity contribution in [3.05, 3.63) is 0 Å². The number of nitrogens with one attached hydrogen (secondary N) is 2. The van der Waals surface area contributed by atoms with Gasteiger partial charge in [-0.15, -0.1) is 0 Å². The number of carboxylic acid groups (broad SMARTS) is 1. The zero-order valence-electron chi connectivity index (χ0n) is 12.2. The molecule has 0 spiro atoms. The van der Waals surface area contributed by atoms with Crippen LogP contribution >= 0.6 is 0 Å². The first-order chi connectivity index (χ1) is 9.32. The fraction of sp³-hybridized carbons (Fsp3) is 0.769. The van der Waals surface area contributed by atoms with Gasteiger partial charge in [0.1, 0.15) is 6.04 Å². The normalized spacial score (nSPS) is 21.4. The number of piperazine rings is 1.